The van der Waals surface area contributed by atoms with Gasteiger partial charge in [-0.2, -0.15) is 0 Å². The van der Waals surface area contributed by atoms with Gasteiger partial charge in [-0.3, -0.25) is 9.59 Å². The van der Waals surface area contributed by atoms with E-state index in [0.29, 0.717) is 5.56 Å². The summed E-state index contributed by atoms with van der Waals surface area (Å²) >= 11 is 1.13. The van der Waals surface area contributed by atoms with Crippen LogP contribution in [-0.2, 0) is 23.9 Å². The number of carboxylic acids is 1. The minimum Gasteiger partial charge on any atom is -0.480 e. The number of carbonyl (C=O) groups is 4. The van der Waals surface area contributed by atoms with E-state index < -0.39 is 51.5 Å². The van der Waals surface area contributed by atoms with Gasteiger partial charge in [0.15, 0.2) is 0 Å². The number of carboxylic acid groups (broad SMARTS) is 1. The summed E-state index contributed by atoms with van der Waals surface area (Å²) in [6, 6.07) is 4.88. The summed E-state index contributed by atoms with van der Waals surface area (Å²) in [5.74, 6) is -3.69. The van der Waals surface area contributed by atoms with E-state index in [1.54, 1.807) is 26.0 Å². The first kappa shape index (κ1) is 24.8. The number of nitrogens with two attached hydrogens (primary N) is 1. The molecular weight excluding hydrogens is 448 g/mol. The maximum absolute atomic E-state index is 13.1. The van der Waals surface area contributed by atoms with Crippen LogP contribution in [0.1, 0.15) is 39.3 Å². The summed E-state index contributed by atoms with van der Waals surface area (Å²) in [7, 11) is 1.11. The standard InChI is InChI=1S/C22H30N4O6S/c1-6-25(7-2)13-10-8-12(9-11-13)14(23)16(27)24-22(20(31)32-5)18(30)26-15(17(28)29)21(3,4)33-19(22)26/h8-11,14-15,19H,6-7,23H2,1-5H3,(H,24,27)(H,28,29)/t14?,15-,19+,22-/m0/s1. The van der Waals surface area contributed by atoms with Crippen molar-refractivity contribution in [1.82, 2.24) is 10.2 Å². The molecule has 2 saturated heterocycles. The van der Waals surface area contributed by atoms with Gasteiger partial charge in [-0.25, -0.2) is 9.59 Å². The Morgan fingerprint density at radius 2 is 1.82 bits per heavy atom. The van der Waals surface area contributed by atoms with Crippen LogP contribution in [0.2, 0.25) is 0 Å². The second-order valence-corrected chi connectivity index (χ2v) is 10.3. The molecule has 3 rings (SSSR count). The number of anilines is 1. The number of fused-ring (bicyclic) bond motifs is 1. The van der Waals surface area contributed by atoms with Crippen LogP contribution in [0.3, 0.4) is 0 Å². The van der Waals surface area contributed by atoms with Gasteiger partial charge in [-0.05, 0) is 45.4 Å². The summed E-state index contributed by atoms with van der Waals surface area (Å²) in [4.78, 5) is 54.0. The van der Waals surface area contributed by atoms with Crippen molar-refractivity contribution in [1.29, 1.82) is 0 Å². The van der Waals surface area contributed by atoms with Crippen molar-refractivity contribution in [3.05, 3.63) is 29.8 Å². The molecule has 1 aromatic carbocycles. The van der Waals surface area contributed by atoms with Gasteiger partial charge in [-0.1, -0.05) is 12.1 Å². The summed E-state index contributed by atoms with van der Waals surface area (Å²) < 4.78 is 3.96. The number of rotatable bonds is 8. The van der Waals surface area contributed by atoms with Crippen LogP contribution in [0, 0.1) is 0 Å². The number of thioether (sulfide) groups is 1. The number of hydrogen-bond acceptors (Lipinski definition) is 8. The average molecular weight is 479 g/mol. The molecule has 4 N–H and O–H groups in total. The van der Waals surface area contributed by atoms with Crippen LogP contribution in [-0.4, -0.2) is 75.7 Å². The van der Waals surface area contributed by atoms with E-state index in [1.165, 1.54) is 0 Å². The molecule has 11 heteroatoms. The number of aliphatic carboxylic acids is 1. The minimum absolute atomic E-state index is 0.509. The number of nitrogens with one attached hydrogen (secondary N) is 1. The molecule has 2 aliphatic rings. The van der Waals surface area contributed by atoms with Crippen LogP contribution in [0.15, 0.2) is 24.3 Å². The molecule has 2 aliphatic heterocycles. The van der Waals surface area contributed by atoms with Crippen LogP contribution in [0.5, 0.6) is 0 Å². The van der Waals surface area contributed by atoms with Gasteiger partial charge >= 0.3 is 11.9 Å². The number of esters is 1. The van der Waals surface area contributed by atoms with Crippen molar-refractivity contribution < 1.29 is 29.0 Å². The van der Waals surface area contributed by atoms with Crippen LogP contribution < -0.4 is 16.0 Å². The Morgan fingerprint density at radius 3 is 2.30 bits per heavy atom. The molecule has 10 nitrogen and oxygen atoms in total. The van der Waals surface area contributed by atoms with E-state index in [0.717, 1.165) is 42.5 Å². The topological polar surface area (TPSA) is 142 Å². The van der Waals surface area contributed by atoms with E-state index in [9.17, 15) is 24.3 Å². The fourth-order valence-electron chi connectivity index (χ4n) is 4.48. The Kier molecular flexibility index (Phi) is 6.67. The zero-order valence-electron chi connectivity index (χ0n) is 19.3. The molecule has 180 valence electrons. The molecule has 0 bridgehead atoms. The number of methoxy groups -OCH3 is 1. The first-order valence-corrected chi connectivity index (χ1v) is 11.6. The molecule has 1 aromatic rings. The summed E-state index contributed by atoms with van der Waals surface area (Å²) in [6.07, 6.45) is 0. The predicted octanol–water partition coefficient (Wildman–Crippen LogP) is 0.708. The van der Waals surface area contributed by atoms with Crippen LogP contribution >= 0.6 is 11.8 Å². The van der Waals surface area contributed by atoms with Crippen molar-refractivity contribution in [2.45, 2.75) is 55.4 Å². The third-order valence-electron chi connectivity index (χ3n) is 6.27. The van der Waals surface area contributed by atoms with E-state index in [-0.39, 0.29) is 0 Å². The second-order valence-electron chi connectivity index (χ2n) is 8.56. The molecule has 0 spiro atoms. The van der Waals surface area contributed by atoms with Gasteiger partial charge in [0.2, 0.25) is 11.4 Å². The first-order chi connectivity index (χ1) is 15.5. The largest absolute Gasteiger partial charge is 0.480 e. The number of carbonyl (C=O) groups excluding carboxylic acids is 3. The van der Waals surface area contributed by atoms with E-state index in [2.05, 4.69) is 10.2 Å². The van der Waals surface area contributed by atoms with Gasteiger partial charge in [0, 0.05) is 23.5 Å². The third-order valence-corrected chi connectivity index (χ3v) is 7.91. The molecule has 2 amide bonds. The Morgan fingerprint density at radius 1 is 1.24 bits per heavy atom. The van der Waals surface area contributed by atoms with Crippen molar-refractivity contribution >= 4 is 41.2 Å². The van der Waals surface area contributed by atoms with Crippen molar-refractivity contribution in [3.63, 3.8) is 0 Å². The zero-order chi connectivity index (χ0) is 24.7. The highest BCUT2D eigenvalue weighted by molar-refractivity contribution is 8.01. The van der Waals surface area contributed by atoms with E-state index in [1.807, 2.05) is 26.0 Å². The summed E-state index contributed by atoms with van der Waals surface area (Å²) in [5, 5.41) is 11.2. The van der Waals surface area contributed by atoms with Crippen molar-refractivity contribution in [3.8, 4) is 0 Å². The number of hydrogen-bond donors (Lipinski definition) is 3. The zero-order valence-corrected chi connectivity index (χ0v) is 20.1. The summed E-state index contributed by atoms with van der Waals surface area (Å²) in [6.45, 7) is 9.09. The Labute approximate surface area is 196 Å². The third kappa shape index (κ3) is 3.82. The van der Waals surface area contributed by atoms with Crippen molar-refractivity contribution in [2.24, 2.45) is 5.73 Å². The monoisotopic (exact) mass is 478 g/mol. The van der Waals surface area contributed by atoms with Crippen molar-refractivity contribution in [2.75, 3.05) is 25.1 Å². The number of amides is 2. The maximum atomic E-state index is 13.1. The molecule has 33 heavy (non-hydrogen) atoms. The fraction of sp³-hybridized carbons (Fsp3) is 0.545. The molecular formula is C22H30N4O6S. The Hall–Kier alpha value is -2.79. The smallest absolute Gasteiger partial charge is 0.344 e. The quantitative estimate of drug-likeness (QED) is 0.280. The number of ether oxygens (including phenoxy) is 1. The number of nitrogens with zero attached hydrogens (tertiary/aromatic N) is 2. The lowest BCUT2D eigenvalue weighted by atomic mass is 9.84. The van der Waals surface area contributed by atoms with Gasteiger partial charge in [0.05, 0.1) is 7.11 Å². The molecule has 2 heterocycles. The highest BCUT2D eigenvalue weighted by Crippen LogP contribution is 2.55. The molecule has 0 aliphatic carbocycles. The second kappa shape index (κ2) is 8.86. The number of β-lactam (4-membered cyclic amide) rings is 1. The number of benzene rings is 1. The first-order valence-electron chi connectivity index (χ1n) is 10.7. The molecule has 2 fully saturated rings. The summed E-state index contributed by atoms with van der Waals surface area (Å²) in [5.41, 5.74) is 5.63. The molecule has 4 atom stereocenters. The van der Waals surface area contributed by atoms with Gasteiger partial charge in [0.1, 0.15) is 17.5 Å². The Balaban J connectivity index is 1.86. The highest BCUT2D eigenvalue weighted by Gasteiger charge is 2.76. The average Bonchev–Trinajstić information content (AvgIpc) is 3.06. The molecule has 0 saturated carbocycles. The normalized spacial score (nSPS) is 26.1. The predicted molar refractivity (Wildman–Crippen MR) is 124 cm³/mol. The lowest BCUT2D eigenvalue weighted by Gasteiger charge is -2.50. The SMILES string of the molecule is CCN(CC)c1ccc(C(N)C(=O)N[C@@]2(C(=O)OC)C(=O)N3[C@@H](C(=O)O)C(C)(C)S[C@@H]32)cc1. The molecule has 0 radical (unpaired) electrons. The van der Waals surface area contributed by atoms with E-state index >= 15 is 0 Å². The van der Waals surface area contributed by atoms with Crippen LogP contribution in [0.25, 0.3) is 0 Å². The molecule has 0 aromatic heterocycles. The lowest BCUT2D eigenvalue weighted by molar-refractivity contribution is -0.180. The van der Waals surface area contributed by atoms with Gasteiger partial charge < -0.3 is 30.7 Å². The maximum Gasteiger partial charge on any atom is 0.344 e. The van der Waals surface area contributed by atoms with Gasteiger partial charge in [0.25, 0.3) is 5.91 Å². The fourth-order valence-corrected chi connectivity index (χ4v) is 6.16. The minimum atomic E-state index is -2.03. The lowest BCUT2D eigenvalue weighted by Crippen LogP contribution is -2.83. The Bertz CT molecular complexity index is 964. The highest BCUT2D eigenvalue weighted by atomic mass is 32.2. The molecule has 1 unspecified atom stereocenters. The van der Waals surface area contributed by atoms with Crippen LogP contribution in [0.4, 0.5) is 5.69 Å². The van der Waals surface area contributed by atoms with E-state index in [4.69, 9.17) is 10.5 Å². The van der Waals surface area contributed by atoms with Gasteiger partial charge in [-0.15, -0.1) is 11.8 Å².